The van der Waals surface area contributed by atoms with Crippen LogP contribution >= 0.6 is 27.5 Å². The van der Waals surface area contributed by atoms with Crippen molar-refractivity contribution in [2.75, 3.05) is 127 Å². The van der Waals surface area contributed by atoms with E-state index in [-0.39, 0.29) is 33.5 Å². The number of nitrogens with two attached hydrogens (primary N) is 1. The van der Waals surface area contributed by atoms with E-state index in [1.54, 1.807) is 117 Å². The van der Waals surface area contributed by atoms with Crippen molar-refractivity contribution in [1.29, 1.82) is 0 Å². The van der Waals surface area contributed by atoms with Crippen molar-refractivity contribution in [3.05, 3.63) is 57.4 Å². The average molecular weight is 1600 g/mol. The molecule has 2 atom stereocenters. The second-order valence-electron chi connectivity index (χ2n) is 29.7. The van der Waals surface area contributed by atoms with Crippen LogP contribution < -0.4 is 40.6 Å². The Morgan fingerprint density at radius 3 is 1.32 bits per heavy atom. The molecule has 5 aromatic heterocycles. The van der Waals surface area contributed by atoms with Crippen molar-refractivity contribution < 1.29 is 92.7 Å². The summed E-state index contributed by atoms with van der Waals surface area (Å²) in [7, 11) is -1.16. The second-order valence-corrected chi connectivity index (χ2v) is 31.0. The zero-order valence-electron chi connectivity index (χ0n) is 63.2. The monoisotopic (exact) mass is 1600 g/mol. The molecule has 0 aromatic carbocycles. The fraction of sp³-hybridized carbons (Fsp3) is 0.642. The van der Waals surface area contributed by atoms with Crippen molar-refractivity contribution in [1.82, 2.24) is 49.8 Å². The van der Waals surface area contributed by atoms with Crippen LogP contribution in [0.25, 0.3) is 11.3 Å². The summed E-state index contributed by atoms with van der Waals surface area (Å²) in [4.78, 5) is 101. The molecule has 0 bridgehead atoms. The topological polar surface area (TPSA) is 335 Å². The molecule has 2 N–H and O–H groups in total. The lowest BCUT2D eigenvalue weighted by Gasteiger charge is -2.35. The number of anilines is 7. The van der Waals surface area contributed by atoms with Crippen LogP contribution in [-0.4, -0.2) is 219 Å². The average Bonchev–Trinajstić information content (AvgIpc) is 1.57. The molecular weight excluding hydrogens is 1510 g/mol. The quantitative estimate of drug-likeness (QED) is 0.0555. The number of hydrogen-bond acceptors (Lipinski definition) is 29. The van der Waals surface area contributed by atoms with Crippen LogP contribution in [0.3, 0.4) is 0 Å². The molecule has 10 heterocycles. The van der Waals surface area contributed by atoms with Crippen molar-refractivity contribution in [2.24, 2.45) is 0 Å². The lowest BCUT2D eigenvalue weighted by Crippen LogP contribution is -2.45. The fourth-order valence-corrected chi connectivity index (χ4v) is 10.6. The number of nitrogens with zero attached hydrogens (tertiary/aromatic N) is 16. The van der Waals surface area contributed by atoms with Gasteiger partial charge in [0.25, 0.3) is 19.3 Å². The van der Waals surface area contributed by atoms with Gasteiger partial charge in [0.2, 0.25) is 29.7 Å². The summed E-state index contributed by atoms with van der Waals surface area (Å²) in [6.45, 7) is 39.8. The van der Waals surface area contributed by atoms with Gasteiger partial charge in [0, 0.05) is 81.0 Å². The van der Waals surface area contributed by atoms with E-state index in [0.29, 0.717) is 97.6 Å². The number of hydrogen-bond donors (Lipinski definition) is 1. The van der Waals surface area contributed by atoms with E-state index in [4.69, 9.17) is 69.5 Å². The lowest BCUT2D eigenvalue weighted by molar-refractivity contribution is 0.00578. The largest absolute Gasteiger partial charge is 0.498 e. The second kappa shape index (κ2) is 36.1. The first-order chi connectivity index (χ1) is 49.7. The third-order valence-electron chi connectivity index (χ3n) is 15.8. The zero-order chi connectivity index (χ0) is 79.5. The number of ether oxygens (including phenoxy) is 8. The van der Waals surface area contributed by atoms with Gasteiger partial charge in [-0.15, -0.1) is 9.80 Å². The van der Waals surface area contributed by atoms with Gasteiger partial charge in [-0.05, 0) is 141 Å². The Bertz CT molecular complexity index is 3800. The molecule has 107 heavy (non-hydrogen) atoms. The van der Waals surface area contributed by atoms with Crippen molar-refractivity contribution >= 4 is 106 Å². The molecule has 5 fully saturated rings. The Kier molecular flexibility index (Phi) is 29.1. The molecule has 4 amide bonds. The molecule has 0 aliphatic carbocycles. The number of morpholine rings is 4. The van der Waals surface area contributed by atoms with Crippen molar-refractivity contribution in [3.63, 3.8) is 0 Å². The number of imide groups is 2. The van der Waals surface area contributed by atoms with Gasteiger partial charge in [-0.25, -0.2) is 85.4 Å². The number of alkyl halides is 6. The van der Waals surface area contributed by atoms with Gasteiger partial charge < -0.3 is 72.5 Å². The van der Waals surface area contributed by atoms with Crippen LogP contribution in [0.15, 0.2) is 35.2 Å². The minimum absolute atomic E-state index is 0.0559. The summed E-state index contributed by atoms with van der Waals surface area (Å²) >= 11 is 9.07. The Morgan fingerprint density at radius 1 is 0.533 bits per heavy atom. The van der Waals surface area contributed by atoms with Gasteiger partial charge in [0.05, 0.1) is 86.3 Å². The van der Waals surface area contributed by atoms with E-state index in [9.17, 15) is 45.5 Å². The molecule has 590 valence electrons. The van der Waals surface area contributed by atoms with Gasteiger partial charge in [-0.3, -0.25) is 0 Å². The third-order valence-corrected chi connectivity index (χ3v) is 16.6. The van der Waals surface area contributed by atoms with E-state index < -0.39 is 113 Å². The minimum Gasteiger partial charge on any atom is -0.443 e. The summed E-state index contributed by atoms with van der Waals surface area (Å²) in [5.41, 5.74) is -1.34. The number of nitrogen functional groups attached to an aromatic ring is 1. The minimum atomic E-state index is -3.07. The summed E-state index contributed by atoms with van der Waals surface area (Å²) in [5, 5.41) is 0.482. The van der Waals surface area contributed by atoms with E-state index in [1.807, 2.05) is 17.9 Å². The molecule has 40 heteroatoms. The van der Waals surface area contributed by atoms with Crippen LogP contribution in [0.5, 0.6) is 0 Å². The van der Waals surface area contributed by atoms with Gasteiger partial charge in [-0.1, -0.05) is 11.6 Å². The molecule has 5 aromatic rings. The Hall–Kier alpha value is -7.95. The van der Waals surface area contributed by atoms with Gasteiger partial charge in [0.1, 0.15) is 56.3 Å². The Labute approximate surface area is 631 Å². The molecule has 10 rings (SSSR count). The van der Waals surface area contributed by atoms with Crippen LogP contribution in [0.2, 0.25) is 5.15 Å². The Morgan fingerprint density at radius 2 is 0.916 bits per heavy atom. The summed E-state index contributed by atoms with van der Waals surface area (Å²) in [6.07, 6.45) is -10.0. The zero-order valence-corrected chi connectivity index (χ0v) is 65.6. The standard InChI is InChI=1S/C21H32BF2N3O6.C18H23F2N7O2.C15H20BrF2N3O4.C13H19ClN4O2/c1-18(2,3)30-16(28)27(17(29)31-19(4,5)6)15-25-11-12(13(26-15)14(23)24)22-32-20(7,8)21(9,10)33-22;1-11-10-29-7-4-27(11)18-23-13(8-14(24-18)26-2-5-28-6-3-26)12-9-22-17(21)25-15(12)16(19)20;1-14(2,3)24-12(22)21(13(23)25-15(4,5)6)11-19-7-8(16)9(20-11)10(17)18;1-10-9-20-7-4-18(10)13-15-11(14)8-12(16-13)17-2-5-19-6-3-17/h11,14H,1-10H3;8-9,11,16H,2-7,10H2,1H3,(H2,21,22,25);7,10H,1-6H3;8,10H,2-7,9H2,1H3/t;11-;;10-/m.0.0/s1. The highest BCUT2D eigenvalue weighted by molar-refractivity contribution is 9.10. The maximum absolute atomic E-state index is 14.0. The summed E-state index contributed by atoms with van der Waals surface area (Å²) in [6, 6.07) is 3.84. The first-order valence-electron chi connectivity index (χ1n) is 34.2. The van der Waals surface area contributed by atoms with Crippen LogP contribution in [0, 0.1) is 0 Å². The number of carbonyl (C=O) groups excluding carboxylic acids is 4. The number of halogens is 8. The maximum atomic E-state index is 14.0. The summed E-state index contributed by atoms with van der Waals surface area (Å²) in [5.74, 6) is 1.31. The van der Waals surface area contributed by atoms with Crippen molar-refractivity contribution in [2.45, 2.75) is 190 Å². The van der Waals surface area contributed by atoms with Gasteiger partial charge in [0.15, 0.2) is 0 Å². The number of rotatable bonds is 11. The van der Waals surface area contributed by atoms with Gasteiger partial charge >= 0.3 is 31.5 Å². The van der Waals surface area contributed by atoms with E-state index in [0.717, 1.165) is 51.1 Å². The highest BCUT2D eigenvalue weighted by atomic mass is 79.9. The molecule has 5 aliphatic heterocycles. The van der Waals surface area contributed by atoms with E-state index in [2.05, 4.69) is 82.4 Å². The predicted molar refractivity (Wildman–Crippen MR) is 388 cm³/mol. The molecule has 0 unspecified atom stereocenters. The smallest absolute Gasteiger partial charge is 0.443 e. The third kappa shape index (κ3) is 24.5. The van der Waals surface area contributed by atoms with Crippen LogP contribution in [-0.2, 0) is 47.2 Å². The van der Waals surface area contributed by atoms with E-state index in [1.165, 1.54) is 6.20 Å². The van der Waals surface area contributed by atoms with Gasteiger partial charge in [-0.2, -0.15) is 9.97 Å². The first kappa shape index (κ1) is 86.3. The first-order valence-corrected chi connectivity index (χ1v) is 35.4. The normalized spacial score (nSPS) is 18.3. The van der Waals surface area contributed by atoms with Crippen molar-refractivity contribution in [3.8, 4) is 11.3 Å². The molecule has 0 spiro atoms. The molecule has 0 saturated carbocycles. The SMILES string of the molecule is CC(C)(C)OC(=O)N(C(=O)OC(C)(C)C)c1ncc(B2OC(C)(C)C(C)(C)O2)c(C(F)F)n1.CC(C)(C)OC(=O)N(C(=O)OC(C)(C)C)c1ncc(Br)c(C(F)F)n1.C[C@H]1COCCN1c1nc(-c2cnc(N)nc2C(F)F)cc(N2CCOCC2)n1.C[C@H]1COCCN1c1nc(Cl)cc(N2CCOCC2)n1. The van der Waals surface area contributed by atoms with Crippen LogP contribution in [0.1, 0.15) is 161 Å². The highest BCUT2D eigenvalue weighted by Crippen LogP contribution is 2.38. The fourth-order valence-electron chi connectivity index (χ4n) is 10.1. The molecule has 31 nitrogen and oxygen atoms in total. The van der Waals surface area contributed by atoms with E-state index >= 15 is 0 Å². The molecule has 5 aliphatic rings. The molecule has 0 radical (unpaired) electrons. The molecular formula is C67H94BBrClF6N17O14. The van der Waals surface area contributed by atoms with Crippen LogP contribution in [0.4, 0.5) is 86.9 Å². The molecule has 5 saturated heterocycles. The maximum Gasteiger partial charge on any atom is 0.498 e. The highest BCUT2D eigenvalue weighted by Gasteiger charge is 2.53. The lowest BCUT2D eigenvalue weighted by atomic mass is 9.79. The number of amides is 4. The Balaban J connectivity index is 0.000000202. The predicted octanol–water partition coefficient (Wildman–Crippen LogP) is 12.0. The summed E-state index contributed by atoms with van der Waals surface area (Å²) < 4.78 is 135. The number of carbonyl (C=O) groups is 4. The number of aromatic nitrogens is 10.